The van der Waals surface area contributed by atoms with Crippen molar-refractivity contribution in [2.24, 2.45) is 17.3 Å². The van der Waals surface area contributed by atoms with Gasteiger partial charge < -0.3 is 14.9 Å². The number of Topliss-reactive ketones (excluding diaryl/α,β-unsaturated/α-hetero) is 1. The first kappa shape index (κ1) is 29.9. The molecule has 0 saturated heterocycles. The molecule has 3 rings (SSSR count). The van der Waals surface area contributed by atoms with E-state index in [9.17, 15) is 19.8 Å². The molecule has 0 amide bonds. The number of alkyl halides is 1. The van der Waals surface area contributed by atoms with E-state index < -0.39 is 17.6 Å². The number of thioether (sulfide) groups is 1. The number of benzene rings is 1. The van der Waals surface area contributed by atoms with Gasteiger partial charge in [-0.25, -0.2) is 0 Å². The maximum atomic E-state index is 13.1. The number of fused-ring (bicyclic) bond motifs is 1. The number of halogens is 1. The van der Waals surface area contributed by atoms with Crippen molar-refractivity contribution in [1.29, 1.82) is 0 Å². The SMILES string of the molecule is CC(C)OC(=O)CCC/C=C\C[C@H]1C(=O)C(C)(C)[C@@H](O)[C@@H]1/C=C/[C@H](O)CCC1Sc2ccccc2C1Cl. The van der Waals surface area contributed by atoms with Crippen molar-refractivity contribution in [3.05, 3.63) is 54.1 Å². The van der Waals surface area contributed by atoms with Crippen LogP contribution in [0, 0.1) is 17.3 Å². The number of ether oxygens (including phenoxy) is 1. The second-order valence-corrected chi connectivity index (χ2v) is 12.7. The molecule has 1 heterocycles. The van der Waals surface area contributed by atoms with Gasteiger partial charge >= 0.3 is 5.97 Å². The average molecular weight is 549 g/mol. The van der Waals surface area contributed by atoms with E-state index in [1.165, 1.54) is 4.90 Å². The Hall–Kier alpha value is -1.60. The van der Waals surface area contributed by atoms with Gasteiger partial charge in [-0.05, 0) is 57.6 Å². The van der Waals surface area contributed by atoms with Crippen LogP contribution >= 0.6 is 23.4 Å². The van der Waals surface area contributed by atoms with Crippen LogP contribution in [-0.4, -0.2) is 45.5 Å². The molecule has 37 heavy (non-hydrogen) atoms. The second-order valence-electron chi connectivity index (χ2n) is 11.0. The highest BCUT2D eigenvalue weighted by atomic mass is 35.5. The Kier molecular flexibility index (Phi) is 10.9. The van der Waals surface area contributed by atoms with Gasteiger partial charge in [0.1, 0.15) is 5.78 Å². The smallest absolute Gasteiger partial charge is 0.306 e. The van der Waals surface area contributed by atoms with Gasteiger partial charge in [-0.2, -0.15) is 0 Å². The number of aliphatic hydroxyl groups excluding tert-OH is 2. The molecule has 0 radical (unpaired) electrons. The van der Waals surface area contributed by atoms with E-state index in [4.69, 9.17) is 16.3 Å². The van der Waals surface area contributed by atoms with Gasteiger partial charge in [0.15, 0.2) is 0 Å². The highest BCUT2D eigenvalue weighted by Gasteiger charge is 2.52. The number of esters is 1. The minimum absolute atomic E-state index is 0.0411. The van der Waals surface area contributed by atoms with Gasteiger partial charge in [0, 0.05) is 28.4 Å². The Morgan fingerprint density at radius 3 is 2.68 bits per heavy atom. The number of aliphatic hydroxyl groups is 2. The lowest BCUT2D eigenvalue weighted by Gasteiger charge is -2.22. The third kappa shape index (κ3) is 7.72. The quantitative estimate of drug-likeness (QED) is 0.136. The van der Waals surface area contributed by atoms with Gasteiger partial charge in [0.25, 0.3) is 0 Å². The summed E-state index contributed by atoms with van der Waals surface area (Å²) < 4.78 is 5.14. The molecule has 0 aromatic heterocycles. The normalized spacial score (nSPS) is 27.9. The van der Waals surface area contributed by atoms with E-state index >= 15 is 0 Å². The van der Waals surface area contributed by atoms with E-state index in [0.717, 1.165) is 18.4 Å². The largest absolute Gasteiger partial charge is 0.463 e. The Morgan fingerprint density at radius 2 is 1.97 bits per heavy atom. The molecule has 5 nitrogen and oxygen atoms in total. The molecule has 1 aliphatic heterocycles. The van der Waals surface area contributed by atoms with Crippen LogP contribution in [0.25, 0.3) is 0 Å². The van der Waals surface area contributed by atoms with E-state index in [-0.39, 0.29) is 40.3 Å². The van der Waals surface area contributed by atoms with Gasteiger partial charge in [0.05, 0.1) is 29.1 Å². The number of allylic oxidation sites excluding steroid dienone is 2. The maximum absolute atomic E-state index is 13.1. The Labute approximate surface area is 230 Å². The molecule has 1 aromatic carbocycles. The van der Waals surface area contributed by atoms with Crippen molar-refractivity contribution in [3.63, 3.8) is 0 Å². The van der Waals surface area contributed by atoms with Crippen molar-refractivity contribution in [2.75, 3.05) is 0 Å². The summed E-state index contributed by atoms with van der Waals surface area (Å²) in [4.78, 5) is 25.9. The van der Waals surface area contributed by atoms with E-state index in [1.807, 2.05) is 44.2 Å². The molecule has 0 spiro atoms. The third-order valence-electron chi connectivity index (χ3n) is 7.34. The summed E-state index contributed by atoms with van der Waals surface area (Å²) in [7, 11) is 0. The summed E-state index contributed by atoms with van der Waals surface area (Å²) in [5.74, 6) is -0.851. The van der Waals surface area contributed by atoms with Crippen LogP contribution in [0.4, 0.5) is 0 Å². The number of hydrogen-bond acceptors (Lipinski definition) is 6. The molecule has 2 N–H and O–H groups in total. The van der Waals surface area contributed by atoms with Crippen LogP contribution in [-0.2, 0) is 14.3 Å². The van der Waals surface area contributed by atoms with Crippen LogP contribution in [0.15, 0.2) is 53.5 Å². The molecule has 1 aromatic rings. The Balaban J connectivity index is 1.51. The molecule has 7 heteroatoms. The fourth-order valence-electron chi connectivity index (χ4n) is 5.18. The summed E-state index contributed by atoms with van der Waals surface area (Å²) in [5, 5.41) is 21.7. The zero-order valence-electron chi connectivity index (χ0n) is 22.3. The lowest BCUT2D eigenvalue weighted by Crippen LogP contribution is -2.31. The van der Waals surface area contributed by atoms with Crippen molar-refractivity contribution in [3.8, 4) is 0 Å². The number of hydrogen-bond donors (Lipinski definition) is 2. The van der Waals surface area contributed by atoms with Crippen LogP contribution in [0.1, 0.15) is 77.2 Å². The second kappa shape index (κ2) is 13.5. The molecule has 0 bridgehead atoms. The highest BCUT2D eigenvalue weighted by Crippen LogP contribution is 2.49. The van der Waals surface area contributed by atoms with Gasteiger partial charge in [-0.15, -0.1) is 23.4 Å². The van der Waals surface area contributed by atoms with Crippen LogP contribution in [0.5, 0.6) is 0 Å². The topological polar surface area (TPSA) is 83.8 Å². The zero-order valence-corrected chi connectivity index (χ0v) is 23.9. The van der Waals surface area contributed by atoms with Crippen LogP contribution in [0.3, 0.4) is 0 Å². The molecule has 6 atom stereocenters. The van der Waals surface area contributed by atoms with E-state index in [0.29, 0.717) is 25.7 Å². The van der Waals surface area contributed by atoms with E-state index in [2.05, 4.69) is 12.1 Å². The van der Waals surface area contributed by atoms with Crippen LogP contribution < -0.4 is 0 Å². The molecule has 1 saturated carbocycles. The fraction of sp³-hybridized carbons (Fsp3) is 0.600. The Morgan fingerprint density at radius 1 is 1.24 bits per heavy atom. The number of carbonyl (C=O) groups is 2. The average Bonchev–Trinajstić information content (AvgIpc) is 3.25. The molecule has 2 unspecified atom stereocenters. The number of unbranched alkanes of at least 4 members (excludes halogenated alkanes) is 1. The molecule has 2 aliphatic rings. The lowest BCUT2D eigenvalue weighted by molar-refractivity contribution is -0.147. The minimum atomic E-state index is -0.836. The monoisotopic (exact) mass is 548 g/mol. The molecule has 1 aliphatic carbocycles. The number of carbonyl (C=O) groups excluding carboxylic acids is 2. The van der Waals surface area contributed by atoms with Crippen molar-refractivity contribution in [1.82, 2.24) is 0 Å². The zero-order chi connectivity index (χ0) is 27.2. The van der Waals surface area contributed by atoms with Gasteiger partial charge in [-0.1, -0.05) is 56.4 Å². The standard InChI is InChI=1S/C30H41ClO5S/c1-19(2)36-26(33)14-8-6-5-7-11-21-22(29(35)30(3,4)28(21)34)17-15-20(32)16-18-25-27(31)23-12-9-10-13-24(23)37-25/h5,7,9-10,12-13,15,17,19-22,25,27,29,32,35H,6,8,11,14,16,18H2,1-4H3/b7-5-,17-15+/t20-,21+,22+,25?,27?,29-/m0/s1. The first-order valence-corrected chi connectivity index (χ1v) is 14.7. The molecule has 1 fully saturated rings. The predicted molar refractivity (Wildman–Crippen MR) is 150 cm³/mol. The summed E-state index contributed by atoms with van der Waals surface area (Å²) in [5.41, 5.74) is 0.322. The van der Waals surface area contributed by atoms with Crippen molar-refractivity contribution in [2.45, 2.75) is 100 Å². The molecule has 204 valence electrons. The Bertz CT molecular complexity index is 988. The van der Waals surface area contributed by atoms with Crippen molar-refractivity contribution < 1.29 is 24.5 Å². The van der Waals surface area contributed by atoms with Gasteiger partial charge in [-0.3, -0.25) is 9.59 Å². The predicted octanol–water partition coefficient (Wildman–Crippen LogP) is 6.41. The fourth-order valence-corrected chi connectivity index (χ4v) is 7.05. The van der Waals surface area contributed by atoms with E-state index in [1.54, 1.807) is 31.7 Å². The minimum Gasteiger partial charge on any atom is -0.463 e. The van der Waals surface area contributed by atoms with Crippen LogP contribution in [0.2, 0.25) is 0 Å². The number of rotatable bonds is 12. The molecular formula is C30H41ClO5S. The number of ketones is 1. The summed E-state index contributed by atoms with van der Waals surface area (Å²) in [6.07, 6.45) is 9.59. The summed E-state index contributed by atoms with van der Waals surface area (Å²) >= 11 is 8.42. The van der Waals surface area contributed by atoms with Gasteiger partial charge in [0.2, 0.25) is 0 Å². The summed E-state index contributed by atoms with van der Waals surface area (Å²) in [6.45, 7) is 7.24. The molecular weight excluding hydrogens is 508 g/mol. The first-order valence-electron chi connectivity index (χ1n) is 13.3. The summed E-state index contributed by atoms with van der Waals surface area (Å²) in [6, 6.07) is 8.16. The first-order chi connectivity index (χ1) is 17.5. The maximum Gasteiger partial charge on any atom is 0.306 e. The van der Waals surface area contributed by atoms with Crippen molar-refractivity contribution >= 4 is 35.1 Å². The third-order valence-corrected chi connectivity index (χ3v) is 9.46. The lowest BCUT2D eigenvalue weighted by atomic mass is 9.86. The highest BCUT2D eigenvalue weighted by molar-refractivity contribution is 8.00.